The summed E-state index contributed by atoms with van der Waals surface area (Å²) in [6, 6.07) is 38.5. The lowest BCUT2D eigenvalue weighted by Gasteiger charge is -2.37. The van der Waals surface area contributed by atoms with Gasteiger partial charge >= 0.3 is 5.97 Å². The number of halogens is 1. The van der Waals surface area contributed by atoms with Crippen molar-refractivity contribution in [3.05, 3.63) is 138 Å². The summed E-state index contributed by atoms with van der Waals surface area (Å²) in [4.78, 5) is 21.3. The van der Waals surface area contributed by atoms with Crippen LogP contribution in [0.25, 0.3) is 22.4 Å². The van der Waals surface area contributed by atoms with Crippen LogP contribution in [-0.2, 0) is 17.1 Å². The van der Waals surface area contributed by atoms with Crippen molar-refractivity contribution in [2.75, 3.05) is 72.4 Å². The Kier molecular flexibility index (Phi) is 14.0. The van der Waals surface area contributed by atoms with E-state index in [1.54, 1.807) is 42.1 Å². The fourth-order valence-electron chi connectivity index (χ4n) is 7.67. The minimum Gasteiger partial charge on any atom is -0.478 e. The van der Waals surface area contributed by atoms with Crippen molar-refractivity contribution >= 4 is 74.7 Å². The van der Waals surface area contributed by atoms with Crippen LogP contribution in [0.2, 0.25) is 5.02 Å². The Labute approximate surface area is 374 Å². The molecule has 5 aromatic carbocycles. The van der Waals surface area contributed by atoms with E-state index in [9.17, 15) is 18.3 Å². The number of benzene rings is 5. The van der Waals surface area contributed by atoms with Crippen LogP contribution in [0.1, 0.15) is 22.5 Å². The van der Waals surface area contributed by atoms with Crippen LogP contribution in [0, 0.1) is 6.92 Å². The van der Waals surface area contributed by atoms with Crippen molar-refractivity contribution in [3.63, 3.8) is 0 Å². The van der Waals surface area contributed by atoms with Crippen LogP contribution < -0.4 is 19.8 Å². The SMILES string of the molecule is Cc1c(C(=O)O)c(-c2cccc(N3CCN(c4ccc(NS(=O)(=O)c5ccc(N[C@H](CCN(C)C)CSc6ccccc6)c(S)c5)cc4)CC3)c2)c(-c2ccc(Cl)cc2)n1C. The Bertz CT molecular complexity index is 2580. The molecule has 7 rings (SSSR count). The molecule has 0 spiro atoms. The zero-order chi connectivity index (χ0) is 43.3. The minimum absolute atomic E-state index is 0.138. The molecule has 0 radical (unpaired) electrons. The van der Waals surface area contributed by atoms with E-state index < -0.39 is 16.0 Å². The Morgan fingerprint density at radius 3 is 2.16 bits per heavy atom. The number of piperazine rings is 1. The summed E-state index contributed by atoms with van der Waals surface area (Å²) in [6.45, 7) is 5.75. The van der Waals surface area contributed by atoms with Crippen LogP contribution in [0.5, 0.6) is 0 Å². The summed E-state index contributed by atoms with van der Waals surface area (Å²) in [6.07, 6.45) is 0.916. The minimum atomic E-state index is -3.87. The summed E-state index contributed by atoms with van der Waals surface area (Å²) in [5, 5.41) is 14.6. The second-order valence-corrected chi connectivity index (χ2v) is 19.2. The first-order valence-corrected chi connectivity index (χ1v) is 23.4. The highest BCUT2D eigenvalue weighted by atomic mass is 35.5. The Balaban J connectivity index is 0.986. The Morgan fingerprint density at radius 1 is 0.852 bits per heavy atom. The van der Waals surface area contributed by atoms with Gasteiger partial charge in [0, 0.05) is 93.8 Å². The molecule has 6 aromatic rings. The quantitative estimate of drug-likeness (QED) is 0.0558. The highest BCUT2D eigenvalue weighted by Crippen LogP contribution is 2.40. The molecule has 0 amide bonds. The fourth-order valence-corrected chi connectivity index (χ4v) is 10.2. The number of carbonyl (C=O) groups is 1. The number of carboxylic acids is 1. The van der Waals surface area contributed by atoms with E-state index in [1.165, 1.54) is 4.90 Å². The summed E-state index contributed by atoms with van der Waals surface area (Å²) in [5.74, 6) is -0.116. The van der Waals surface area contributed by atoms with Gasteiger partial charge in [-0.1, -0.05) is 54.1 Å². The standard InChI is InChI=1S/C47H51ClN6O4S3/c1-32-44(47(55)56)45(46(52(32)4)33-13-15-35(48)16-14-33)34-9-8-10-39(29-34)54-27-25-53(26-28-54)38-19-17-36(18-20-38)50-61(57,58)41-21-22-42(43(59)30-41)49-37(23-24-51(2)3)31-60-40-11-6-5-7-12-40/h5-22,29-30,37,49-50,59H,23-28,31H2,1-4H3,(H,55,56)/t37-/m1/s1. The third kappa shape index (κ3) is 10.5. The number of carboxylic acid groups (broad SMARTS) is 1. The van der Waals surface area contributed by atoms with Crippen molar-refractivity contribution in [2.24, 2.45) is 7.05 Å². The van der Waals surface area contributed by atoms with E-state index in [0.29, 0.717) is 26.9 Å². The number of aromatic carboxylic acids is 1. The molecule has 3 N–H and O–H groups in total. The molecule has 0 aliphatic carbocycles. The topological polar surface area (TPSA) is 110 Å². The lowest BCUT2D eigenvalue weighted by atomic mass is 9.96. The van der Waals surface area contributed by atoms with E-state index in [-0.39, 0.29) is 16.5 Å². The summed E-state index contributed by atoms with van der Waals surface area (Å²) in [5.41, 5.74) is 7.46. The molecule has 1 aliphatic heterocycles. The average molecular weight is 896 g/mol. The highest BCUT2D eigenvalue weighted by molar-refractivity contribution is 7.99. The molecule has 0 unspecified atom stereocenters. The maximum absolute atomic E-state index is 13.5. The summed E-state index contributed by atoms with van der Waals surface area (Å²) in [7, 11) is 2.14. The molecule has 318 valence electrons. The number of aromatic nitrogens is 1. The van der Waals surface area contributed by atoms with Gasteiger partial charge in [-0.15, -0.1) is 24.4 Å². The third-order valence-electron chi connectivity index (χ3n) is 11.0. The largest absolute Gasteiger partial charge is 0.478 e. The molecule has 1 aromatic heterocycles. The van der Waals surface area contributed by atoms with Crippen molar-refractivity contribution in [2.45, 2.75) is 34.1 Å². The lowest BCUT2D eigenvalue weighted by Crippen LogP contribution is -2.46. The van der Waals surface area contributed by atoms with Gasteiger partial charge in [-0.25, -0.2) is 13.2 Å². The number of nitrogens with zero attached hydrogens (tertiary/aromatic N) is 4. The number of nitrogens with one attached hydrogen (secondary N) is 2. The van der Waals surface area contributed by atoms with Crippen molar-refractivity contribution < 1.29 is 18.3 Å². The number of anilines is 4. The van der Waals surface area contributed by atoms with Gasteiger partial charge in [0.25, 0.3) is 10.0 Å². The number of sulfonamides is 1. The maximum Gasteiger partial charge on any atom is 0.338 e. The van der Waals surface area contributed by atoms with Gasteiger partial charge in [-0.3, -0.25) is 4.72 Å². The zero-order valence-corrected chi connectivity index (χ0v) is 38.0. The highest BCUT2D eigenvalue weighted by Gasteiger charge is 2.27. The number of thioether (sulfide) groups is 1. The molecule has 10 nitrogen and oxygen atoms in total. The normalized spacial score (nSPS) is 13.7. The zero-order valence-electron chi connectivity index (χ0n) is 34.7. The first-order chi connectivity index (χ1) is 29.3. The molecule has 0 saturated carbocycles. The second-order valence-electron chi connectivity index (χ2n) is 15.5. The van der Waals surface area contributed by atoms with Crippen LogP contribution in [0.15, 0.2) is 136 Å². The van der Waals surface area contributed by atoms with E-state index in [1.807, 2.05) is 85.3 Å². The second kappa shape index (κ2) is 19.3. The predicted molar refractivity (Wildman–Crippen MR) is 256 cm³/mol. The first kappa shape index (κ1) is 44.0. The maximum atomic E-state index is 13.5. The van der Waals surface area contributed by atoms with Crippen molar-refractivity contribution in [1.82, 2.24) is 9.47 Å². The Morgan fingerprint density at radius 2 is 1.52 bits per heavy atom. The molecule has 2 heterocycles. The Hall–Kier alpha value is -5.05. The van der Waals surface area contributed by atoms with Gasteiger partial charge in [0.1, 0.15) is 0 Å². The van der Waals surface area contributed by atoms with Gasteiger partial charge in [0.2, 0.25) is 0 Å². The summed E-state index contributed by atoms with van der Waals surface area (Å²) < 4.78 is 31.8. The smallest absolute Gasteiger partial charge is 0.338 e. The molecule has 1 saturated heterocycles. The first-order valence-electron chi connectivity index (χ1n) is 20.1. The van der Waals surface area contributed by atoms with Gasteiger partial charge in [0.05, 0.1) is 16.2 Å². The number of thiol groups is 1. The van der Waals surface area contributed by atoms with Crippen molar-refractivity contribution in [1.29, 1.82) is 0 Å². The van der Waals surface area contributed by atoms with E-state index in [0.717, 1.165) is 78.8 Å². The average Bonchev–Trinajstić information content (AvgIpc) is 3.52. The van der Waals surface area contributed by atoms with E-state index in [4.69, 9.17) is 24.2 Å². The molecule has 0 bridgehead atoms. The molecular formula is C47H51ClN6O4S3. The molecule has 1 fully saturated rings. The predicted octanol–water partition coefficient (Wildman–Crippen LogP) is 9.96. The fraction of sp³-hybridized carbons (Fsp3) is 0.255. The lowest BCUT2D eigenvalue weighted by molar-refractivity contribution is 0.0696. The van der Waals surface area contributed by atoms with Gasteiger partial charge in [-0.2, -0.15) is 0 Å². The molecule has 1 atom stereocenters. The molecule has 1 aliphatic rings. The number of hydrogen-bond acceptors (Lipinski definition) is 9. The van der Waals surface area contributed by atoms with Crippen LogP contribution >= 0.6 is 36.0 Å². The van der Waals surface area contributed by atoms with E-state index in [2.05, 4.69) is 63.1 Å². The monoisotopic (exact) mass is 894 g/mol. The number of hydrogen-bond donors (Lipinski definition) is 4. The van der Waals surface area contributed by atoms with Gasteiger partial charge < -0.3 is 29.7 Å². The third-order valence-corrected chi connectivity index (χ3v) is 14.2. The van der Waals surface area contributed by atoms with E-state index >= 15 is 0 Å². The molecule has 61 heavy (non-hydrogen) atoms. The number of rotatable bonds is 16. The molecule has 14 heteroatoms. The van der Waals surface area contributed by atoms with Gasteiger partial charge in [-0.05, 0) is 124 Å². The van der Waals surface area contributed by atoms with Crippen LogP contribution in [0.4, 0.5) is 22.7 Å². The summed E-state index contributed by atoms with van der Waals surface area (Å²) >= 11 is 12.7. The van der Waals surface area contributed by atoms with Crippen molar-refractivity contribution in [3.8, 4) is 22.4 Å². The van der Waals surface area contributed by atoms with Crippen LogP contribution in [0.3, 0.4) is 0 Å². The molecular weight excluding hydrogens is 844 g/mol. The van der Waals surface area contributed by atoms with Crippen LogP contribution in [-0.4, -0.2) is 87.6 Å². The van der Waals surface area contributed by atoms with Gasteiger partial charge in [0.15, 0.2) is 0 Å².